The van der Waals surface area contributed by atoms with Crippen molar-refractivity contribution in [3.05, 3.63) is 30.4 Å². The van der Waals surface area contributed by atoms with Crippen LogP contribution in [0.1, 0.15) is 5.56 Å². The lowest BCUT2D eigenvalue weighted by atomic mass is 10.1. The lowest BCUT2D eigenvalue weighted by Crippen LogP contribution is -1.91. The highest BCUT2D eigenvalue weighted by Gasteiger charge is 2.12. The molecule has 0 fully saturated rings. The van der Waals surface area contributed by atoms with Gasteiger partial charge in [-0.25, -0.2) is 0 Å². The first-order chi connectivity index (χ1) is 6.72. The lowest BCUT2D eigenvalue weighted by Gasteiger charge is -2.08. The third-order valence-electron chi connectivity index (χ3n) is 1.90. The Labute approximate surface area is 83.6 Å². The van der Waals surface area contributed by atoms with Crippen LogP contribution in [0.5, 0.6) is 17.2 Å². The summed E-state index contributed by atoms with van der Waals surface area (Å²) in [5.74, 6) is 0.394. The van der Waals surface area contributed by atoms with Crippen molar-refractivity contribution in [3.8, 4) is 17.2 Å². The van der Waals surface area contributed by atoms with Gasteiger partial charge in [-0.3, -0.25) is 5.11 Å². The minimum atomic E-state index is -0.220. The predicted molar refractivity (Wildman–Crippen MR) is 53.6 cm³/mol. The van der Waals surface area contributed by atoms with E-state index in [2.05, 4.69) is 6.58 Å². The number of allylic oxidation sites excluding steroid dienone is 1. The van der Waals surface area contributed by atoms with E-state index in [4.69, 9.17) is 9.47 Å². The molecular formula is C11H13O3. The Hall–Kier alpha value is -1.64. The fourth-order valence-electron chi connectivity index (χ4n) is 1.22. The summed E-state index contributed by atoms with van der Waals surface area (Å²) in [7, 11) is 2.93. The second-order valence-electron chi connectivity index (χ2n) is 2.82. The molecule has 3 heteroatoms. The van der Waals surface area contributed by atoms with Gasteiger partial charge in [-0.05, 0) is 24.1 Å². The first-order valence-electron chi connectivity index (χ1n) is 4.25. The lowest BCUT2D eigenvalue weighted by molar-refractivity contribution is 0.288. The quantitative estimate of drug-likeness (QED) is 0.689. The van der Waals surface area contributed by atoms with E-state index in [9.17, 15) is 5.11 Å². The zero-order valence-corrected chi connectivity index (χ0v) is 8.37. The highest BCUT2D eigenvalue weighted by atomic mass is 16.5. The van der Waals surface area contributed by atoms with Gasteiger partial charge in [-0.2, -0.15) is 0 Å². The molecule has 0 heterocycles. The van der Waals surface area contributed by atoms with E-state index >= 15 is 0 Å². The third-order valence-corrected chi connectivity index (χ3v) is 1.90. The van der Waals surface area contributed by atoms with Crippen molar-refractivity contribution in [1.29, 1.82) is 0 Å². The molecule has 0 atom stereocenters. The largest absolute Gasteiger partial charge is 0.492 e. The van der Waals surface area contributed by atoms with Gasteiger partial charge in [0.05, 0.1) is 14.2 Å². The molecule has 0 aromatic heterocycles. The third kappa shape index (κ3) is 1.99. The Morgan fingerprint density at radius 2 is 1.79 bits per heavy atom. The molecule has 14 heavy (non-hydrogen) atoms. The van der Waals surface area contributed by atoms with Crippen molar-refractivity contribution in [2.45, 2.75) is 6.42 Å². The van der Waals surface area contributed by atoms with Crippen LogP contribution in [0.2, 0.25) is 0 Å². The van der Waals surface area contributed by atoms with Crippen LogP contribution in [-0.2, 0) is 11.5 Å². The molecule has 0 amide bonds. The van der Waals surface area contributed by atoms with Crippen LogP contribution in [0, 0.1) is 0 Å². The Bertz CT molecular complexity index is 306. The Morgan fingerprint density at radius 3 is 2.14 bits per heavy atom. The minimum absolute atomic E-state index is 0.220. The van der Waals surface area contributed by atoms with E-state index in [-0.39, 0.29) is 5.75 Å². The number of hydrogen-bond acceptors (Lipinski definition) is 2. The summed E-state index contributed by atoms with van der Waals surface area (Å²) < 4.78 is 9.90. The van der Waals surface area contributed by atoms with Gasteiger partial charge in [-0.1, -0.05) is 6.08 Å². The maximum atomic E-state index is 11.5. The molecule has 0 aliphatic rings. The second kappa shape index (κ2) is 4.56. The maximum Gasteiger partial charge on any atom is 0.261 e. The zero-order chi connectivity index (χ0) is 10.6. The van der Waals surface area contributed by atoms with Crippen molar-refractivity contribution >= 4 is 0 Å². The first kappa shape index (κ1) is 10.4. The van der Waals surface area contributed by atoms with Gasteiger partial charge in [0.2, 0.25) is 0 Å². The van der Waals surface area contributed by atoms with E-state index in [1.165, 1.54) is 14.2 Å². The molecule has 1 radical (unpaired) electrons. The number of methoxy groups -OCH3 is 2. The molecule has 1 aromatic rings. The number of hydrogen-bond donors (Lipinski definition) is 0. The highest BCUT2D eigenvalue weighted by Crippen LogP contribution is 2.37. The van der Waals surface area contributed by atoms with Crippen molar-refractivity contribution in [3.63, 3.8) is 0 Å². The Morgan fingerprint density at radius 1 is 1.29 bits per heavy atom. The van der Waals surface area contributed by atoms with E-state index in [0.29, 0.717) is 17.9 Å². The number of benzene rings is 1. The number of ether oxygens (including phenoxy) is 2. The molecule has 1 rings (SSSR count). The smallest absolute Gasteiger partial charge is 0.261 e. The average molecular weight is 193 g/mol. The van der Waals surface area contributed by atoms with Gasteiger partial charge in [0, 0.05) is 0 Å². The van der Waals surface area contributed by atoms with Gasteiger partial charge in [-0.15, -0.1) is 6.58 Å². The maximum absolute atomic E-state index is 11.5. The molecule has 0 saturated heterocycles. The van der Waals surface area contributed by atoms with Crippen LogP contribution in [0.15, 0.2) is 24.8 Å². The molecular weight excluding hydrogens is 180 g/mol. The van der Waals surface area contributed by atoms with Crippen LogP contribution in [0.4, 0.5) is 0 Å². The molecule has 0 bridgehead atoms. The molecule has 1 aromatic carbocycles. The topological polar surface area (TPSA) is 38.4 Å². The fraction of sp³-hybridized carbons (Fsp3) is 0.273. The van der Waals surface area contributed by atoms with Gasteiger partial charge in [0.1, 0.15) is 0 Å². The highest BCUT2D eigenvalue weighted by molar-refractivity contribution is 5.52. The molecule has 0 aliphatic carbocycles. The zero-order valence-electron chi connectivity index (χ0n) is 8.37. The van der Waals surface area contributed by atoms with E-state index in [0.717, 1.165) is 5.56 Å². The normalized spacial score (nSPS) is 9.57. The van der Waals surface area contributed by atoms with Crippen LogP contribution in [-0.4, -0.2) is 14.2 Å². The summed E-state index contributed by atoms with van der Waals surface area (Å²) in [6.07, 6.45) is 2.45. The molecule has 75 valence electrons. The SMILES string of the molecule is C=CCc1cc(OC)c([O])c(OC)c1. The Kier molecular flexibility index (Phi) is 3.40. The van der Waals surface area contributed by atoms with Gasteiger partial charge in [0.15, 0.2) is 11.5 Å². The van der Waals surface area contributed by atoms with E-state index < -0.39 is 0 Å². The molecule has 0 saturated carbocycles. The fourth-order valence-corrected chi connectivity index (χ4v) is 1.22. The average Bonchev–Trinajstić information content (AvgIpc) is 2.20. The molecule has 0 N–H and O–H groups in total. The second-order valence-corrected chi connectivity index (χ2v) is 2.82. The molecule has 3 nitrogen and oxygen atoms in total. The van der Waals surface area contributed by atoms with Crippen LogP contribution in [0.25, 0.3) is 0 Å². The molecule has 0 spiro atoms. The van der Waals surface area contributed by atoms with Gasteiger partial charge in [0.25, 0.3) is 5.75 Å². The summed E-state index contributed by atoms with van der Waals surface area (Å²) in [6, 6.07) is 3.40. The predicted octanol–water partition coefficient (Wildman–Crippen LogP) is 2.58. The van der Waals surface area contributed by atoms with Gasteiger partial charge < -0.3 is 9.47 Å². The van der Waals surface area contributed by atoms with Crippen molar-refractivity contribution in [2.24, 2.45) is 0 Å². The summed E-state index contributed by atoms with van der Waals surface area (Å²) in [5, 5.41) is 11.5. The van der Waals surface area contributed by atoms with Crippen molar-refractivity contribution in [2.75, 3.05) is 14.2 Å². The first-order valence-corrected chi connectivity index (χ1v) is 4.25. The Balaban J connectivity index is 3.17. The van der Waals surface area contributed by atoms with Crippen molar-refractivity contribution in [1.82, 2.24) is 0 Å². The molecule has 0 aliphatic heterocycles. The van der Waals surface area contributed by atoms with E-state index in [1.807, 2.05) is 0 Å². The molecule has 0 unspecified atom stereocenters. The summed E-state index contributed by atoms with van der Waals surface area (Å²) in [4.78, 5) is 0. The summed E-state index contributed by atoms with van der Waals surface area (Å²) >= 11 is 0. The van der Waals surface area contributed by atoms with Crippen molar-refractivity contribution < 1.29 is 14.6 Å². The monoisotopic (exact) mass is 193 g/mol. The van der Waals surface area contributed by atoms with Crippen LogP contribution >= 0.6 is 0 Å². The summed E-state index contributed by atoms with van der Waals surface area (Å²) in [6.45, 7) is 3.63. The van der Waals surface area contributed by atoms with Gasteiger partial charge >= 0.3 is 0 Å². The number of rotatable bonds is 4. The standard InChI is InChI=1S/C11H13O3/c1-4-5-8-6-9(13-2)11(12)10(7-8)14-3/h4,6-7H,1,5H2,2-3H3. The minimum Gasteiger partial charge on any atom is -0.492 e. The van der Waals surface area contributed by atoms with Crippen LogP contribution < -0.4 is 9.47 Å². The van der Waals surface area contributed by atoms with Crippen LogP contribution in [0.3, 0.4) is 0 Å². The summed E-state index contributed by atoms with van der Waals surface area (Å²) in [5.41, 5.74) is 0.952. The van der Waals surface area contributed by atoms with E-state index in [1.54, 1.807) is 18.2 Å².